The van der Waals surface area contributed by atoms with Crippen molar-refractivity contribution in [3.63, 3.8) is 0 Å². The molecule has 0 fully saturated rings. The van der Waals surface area contributed by atoms with Crippen molar-refractivity contribution in [2.24, 2.45) is 5.73 Å². The quantitative estimate of drug-likeness (QED) is 0.832. The lowest BCUT2D eigenvalue weighted by Crippen LogP contribution is -2.20. The fourth-order valence-electron chi connectivity index (χ4n) is 1.60. The van der Waals surface area contributed by atoms with E-state index in [9.17, 15) is 0 Å². The zero-order valence-electron chi connectivity index (χ0n) is 10.4. The van der Waals surface area contributed by atoms with Crippen molar-refractivity contribution in [3.8, 4) is 5.75 Å². The van der Waals surface area contributed by atoms with Crippen molar-refractivity contribution >= 4 is 11.8 Å². The van der Waals surface area contributed by atoms with Gasteiger partial charge in [-0.2, -0.15) is 16.9 Å². The van der Waals surface area contributed by atoms with Crippen LogP contribution in [0.3, 0.4) is 0 Å². The second kappa shape index (κ2) is 6.15. The molecule has 5 heteroatoms. The maximum Gasteiger partial charge on any atom is 0.161 e. The van der Waals surface area contributed by atoms with Crippen LogP contribution in [0.1, 0.15) is 38.5 Å². The number of methoxy groups -OCH3 is 1. The lowest BCUT2D eigenvalue weighted by molar-refractivity contribution is 0.399. The highest BCUT2D eigenvalue weighted by atomic mass is 32.2. The van der Waals surface area contributed by atoms with E-state index in [1.54, 1.807) is 13.3 Å². The summed E-state index contributed by atoms with van der Waals surface area (Å²) in [7, 11) is 1.66. The Morgan fingerprint density at radius 2 is 2.25 bits per heavy atom. The molecule has 1 heterocycles. The van der Waals surface area contributed by atoms with Gasteiger partial charge < -0.3 is 10.5 Å². The highest BCUT2D eigenvalue weighted by Gasteiger charge is 2.19. The molecule has 2 N–H and O–H groups in total. The fraction of sp³-hybridized carbons (Fsp3) is 0.727. The third-order valence-corrected chi connectivity index (χ3v) is 3.36. The van der Waals surface area contributed by atoms with Gasteiger partial charge in [0.1, 0.15) is 0 Å². The monoisotopic (exact) mass is 243 g/mol. The Balaban J connectivity index is 2.93. The van der Waals surface area contributed by atoms with Crippen LogP contribution in [-0.2, 0) is 0 Å². The van der Waals surface area contributed by atoms with Crippen LogP contribution in [0, 0.1) is 0 Å². The summed E-state index contributed by atoms with van der Waals surface area (Å²) in [5.74, 6) is 2.76. The molecule has 0 bridgehead atoms. The molecule has 0 aromatic carbocycles. The first kappa shape index (κ1) is 13.4. The van der Waals surface area contributed by atoms with Crippen molar-refractivity contribution in [1.82, 2.24) is 9.78 Å². The average molecular weight is 243 g/mol. The van der Waals surface area contributed by atoms with Gasteiger partial charge in [-0.15, -0.1) is 0 Å². The standard InChI is InChI=1S/C11H21N3OS/c1-5-16-7-9(12)11-10(15-4)6-13-14(11)8(2)3/h6,8-9H,5,7,12H2,1-4H3. The number of thioether (sulfide) groups is 1. The first-order chi connectivity index (χ1) is 7.61. The van der Waals surface area contributed by atoms with E-state index in [1.807, 2.05) is 16.4 Å². The van der Waals surface area contributed by atoms with Crippen molar-refractivity contribution in [3.05, 3.63) is 11.9 Å². The molecular formula is C11H21N3OS. The molecule has 1 unspecified atom stereocenters. The summed E-state index contributed by atoms with van der Waals surface area (Å²) in [4.78, 5) is 0. The van der Waals surface area contributed by atoms with Gasteiger partial charge in [0.05, 0.1) is 25.0 Å². The zero-order chi connectivity index (χ0) is 12.1. The molecule has 0 aliphatic rings. The highest BCUT2D eigenvalue weighted by Crippen LogP contribution is 2.27. The predicted molar refractivity (Wildman–Crippen MR) is 69.1 cm³/mol. The van der Waals surface area contributed by atoms with Crippen molar-refractivity contribution in [2.45, 2.75) is 32.9 Å². The number of nitrogens with two attached hydrogens (primary N) is 1. The molecule has 0 aliphatic carbocycles. The summed E-state index contributed by atoms with van der Waals surface area (Å²) in [5.41, 5.74) is 7.18. The summed E-state index contributed by atoms with van der Waals surface area (Å²) in [6, 6.07) is 0.279. The van der Waals surface area contributed by atoms with Crippen molar-refractivity contribution < 1.29 is 4.74 Å². The molecule has 1 aromatic rings. The second-order valence-electron chi connectivity index (χ2n) is 3.90. The van der Waals surface area contributed by atoms with Gasteiger partial charge in [0, 0.05) is 11.8 Å². The minimum absolute atomic E-state index is 0.0233. The molecule has 1 rings (SSSR count). The van der Waals surface area contributed by atoms with Crippen LogP contribution < -0.4 is 10.5 Å². The van der Waals surface area contributed by atoms with Gasteiger partial charge in [0.15, 0.2) is 5.75 Å². The Kier molecular flexibility index (Phi) is 5.15. The fourth-order valence-corrected chi connectivity index (χ4v) is 2.25. The van der Waals surface area contributed by atoms with Gasteiger partial charge in [-0.05, 0) is 19.6 Å². The number of ether oxygens (including phenoxy) is 1. The lowest BCUT2D eigenvalue weighted by Gasteiger charge is -2.17. The normalized spacial score (nSPS) is 13.1. The van der Waals surface area contributed by atoms with Gasteiger partial charge in [-0.3, -0.25) is 4.68 Å². The third kappa shape index (κ3) is 2.92. The lowest BCUT2D eigenvalue weighted by atomic mass is 10.2. The van der Waals surface area contributed by atoms with E-state index >= 15 is 0 Å². The molecule has 0 amide bonds. The van der Waals surface area contributed by atoms with Crippen LogP contribution >= 0.6 is 11.8 Å². The first-order valence-electron chi connectivity index (χ1n) is 5.56. The molecular weight excluding hydrogens is 222 g/mol. The Morgan fingerprint density at radius 1 is 1.56 bits per heavy atom. The smallest absolute Gasteiger partial charge is 0.161 e. The van der Waals surface area contributed by atoms with Gasteiger partial charge in [-0.25, -0.2) is 0 Å². The summed E-state index contributed by atoms with van der Waals surface area (Å²) >= 11 is 1.83. The van der Waals surface area contributed by atoms with Crippen molar-refractivity contribution in [2.75, 3.05) is 18.6 Å². The molecule has 1 aromatic heterocycles. The van der Waals surface area contributed by atoms with Crippen LogP contribution in [0.2, 0.25) is 0 Å². The van der Waals surface area contributed by atoms with Crippen LogP contribution in [0.25, 0.3) is 0 Å². The molecule has 0 radical (unpaired) electrons. The van der Waals surface area contributed by atoms with E-state index in [-0.39, 0.29) is 6.04 Å². The number of aromatic nitrogens is 2. The van der Waals surface area contributed by atoms with Crippen LogP contribution in [0.5, 0.6) is 5.75 Å². The Morgan fingerprint density at radius 3 is 2.75 bits per heavy atom. The molecule has 4 nitrogen and oxygen atoms in total. The topological polar surface area (TPSA) is 53.1 Å². The number of hydrogen-bond acceptors (Lipinski definition) is 4. The van der Waals surface area contributed by atoms with Crippen molar-refractivity contribution in [1.29, 1.82) is 0 Å². The van der Waals surface area contributed by atoms with Crippen LogP contribution in [0.15, 0.2) is 6.20 Å². The summed E-state index contributed by atoms with van der Waals surface area (Å²) in [5, 5.41) is 4.32. The van der Waals surface area contributed by atoms with Crippen LogP contribution in [-0.4, -0.2) is 28.4 Å². The van der Waals surface area contributed by atoms with Gasteiger partial charge in [0.25, 0.3) is 0 Å². The van der Waals surface area contributed by atoms with Gasteiger partial charge in [-0.1, -0.05) is 6.92 Å². The minimum atomic E-state index is -0.0233. The Bertz CT molecular complexity index is 325. The molecule has 0 spiro atoms. The van der Waals surface area contributed by atoms with E-state index in [1.165, 1.54) is 0 Å². The molecule has 0 aliphatic heterocycles. The average Bonchev–Trinajstić information content (AvgIpc) is 2.69. The van der Waals surface area contributed by atoms with E-state index in [0.717, 1.165) is 22.9 Å². The van der Waals surface area contributed by atoms with E-state index in [4.69, 9.17) is 10.5 Å². The third-order valence-electron chi connectivity index (χ3n) is 2.36. The Labute approximate surface area is 102 Å². The number of rotatable bonds is 6. The predicted octanol–water partition coefficient (Wildman–Crippen LogP) is 2.23. The highest BCUT2D eigenvalue weighted by molar-refractivity contribution is 7.99. The SMILES string of the molecule is CCSCC(N)c1c(OC)cnn1C(C)C. The maximum absolute atomic E-state index is 6.18. The van der Waals surface area contributed by atoms with E-state index in [0.29, 0.717) is 6.04 Å². The molecule has 0 saturated heterocycles. The first-order valence-corrected chi connectivity index (χ1v) is 6.72. The zero-order valence-corrected chi connectivity index (χ0v) is 11.3. The van der Waals surface area contributed by atoms with E-state index in [2.05, 4.69) is 25.9 Å². The minimum Gasteiger partial charge on any atom is -0.493 e. The molecule has 0 saturated carbocycles. The summed E-state index contributed by atoms with van der Waals surface area (Å²) < 4.78 is 7.25. The van der Waals surface area contributed by atoms with Crippen LogP contribution in [0.4, 0.5) is 0 Å². The molecule has 16 heavy (non-hydrogen) atoms. The maximum atomic E-state index is 6.18. The summed E-state index contributed by atoms with van der Waals surface area (Å²) in [6.45, 7) is 6.32. The van der Waals surface area contributed by atoms with Gasteiger partial charge in [0.2, 0.25) is 0 Å². The summed E-state index contributed by atoms with van der Waals surface area (Å²) in [6.07, 6.45) is 1.74. The van der Waals surface area contributed by atoms with E-state index < -0.39 is 0 Å². The molecule has 1 atom stereocenters. The van der Waals surface area contributed by atoms with Gasteiger partial charge >= 0.3 is 0 Å². The largest absolute Gasteiger partial charge is 0.493 e. The molecule has 92 valence electrons. The Hall–Kier alpha value is -0.680. The number of nitrogens with zero attached hydrogens (tertiary/aromatic N) is 2. The second-order valence-corrected chi connectivity index (χ2v) is 5.22. The number of hydrogen-bond donors (Lipinski definition) is 1.